The van der Waals surface area contributed by atoms with E-state index in [1.807, 2.05) is 19.1 Å². The molecule has 0 saturated carbocycles. The first kappa shape index (κ1) is 19.1. The van der Waals surface area contributed by atoms with E-state index in [4.69, 9.17) is 9.26 Å². The first-order valence-electron chi connectivity index (χ1n) is 9.56. The third-order valence-electron chi connectivity index (χ3n) is 4.97. The Hall–Kier alpha value is -3.19. The van der Waals surface area contributed by atoms with E-state index >= 15 is 0 Å². The molecule has 6 nitrogen and oxygen atoms in total. The molecular formula is C22H22FN3O3. The summed E-state index contributed by atoms with van der Waals surface area (Å²) in [7, 11) is 0. The highest BCUT2D eigenvalue weighted by Gasteiger charge is 2.18. The number of hydrogen-bond donors (Lipinski definition) is 1. The maximum Gasteiger partial charge on any atom is 0.290 e. The molecule has 150 valence electrons. The van der Waals surface area contributed by atoms with Crippen molar-refractivity contribution in [2.24, 2.45) is 0 Å². The van der Waals surface area contributed by atoms with Gasteiger partial charge in [-0.15, -0.1) is 0 Å². The van der Waals surface area contributed by atoms with Crippen LogP contribution in [0.15, 0.2) is 59.1 Å². The Morgan fingerprint density at radius 1 is 1.14 bits per heavy atom. The van der Waals surface area contributed by atoms with Crippen LogP contribution >= 0.6 is 0 Å². The molecule has 1 aliphatic heterocycles. The Balaban J connectivity index is 1.40. The normalized spacial score (nSPS) is 15.2. The quantitative estimate of drug-likeness (QED) is 0.712. The number of amides is 1. The van der Waals surface area contributed by atoms with E-state index in [1.165, 1.54) is 18.2 Å². The number of nitrogens with one attached hydrogen (secondary N) is 1. The molecule has 1 amide bonds. The van der Waals surface area contributed by atoms with Gasteiger partial charge in [-0.3, -0.25) is 4.79 Å². The van der Waals surface area contributed by atoms with Gasteiger partial charge in [-0.2, -0.15) is 0 Å². The number of anilines is 1. The van der Waals surface area contributed by atoms with E-state index in [2.05, 4.69) is 27.5 Å². The lowest BCUT2D eigenvalue weighted by atomic mass is 10.1. The molecule has 7 heteroatoms. The van der Waals surface area contributed by atoms with Crippen molar-refractivity contribution in [2.45, 2.75) is 13.0 Å². The van der Waals surface area contributed by atoms with Crippen molar-refractivity contribution in [3.05, 3.63) is 71.7 Å². The molecule has 3 aromatic rings. The molecule has 29 heavy (non-hydrogen) atoms. The van der Waals surface area contributed by atoms with Crippen LogP contribution in [0, 0.1) is 5.82 Å². The Morgan fingerprint density at radius 3 is 2.62 bits per heavy atom. The van der Waals surface area contributed by atoms with Crippen molar-refractivity contribution in [3.63, 3.8) is 0 Å². The maximum atomic E-state index is 13.4. The predicted octanol–water partition coefficient (Wildman–Crippen LogP) is 3.81. The molecule has 0 aliphatic carbocycles. The van der Waals surface area contributed by atoms with Crippen LogP contribution in [-0.4, -0.2) is 37.4 Å². The summed E-state index contributed by atoms with van der Waals surface area (Å²) in [5.74, 6) is -0.656. The largest absolute Gasteiger partial charge is 0.378 e. The fourth-order valence-electron chi connectivity index (χ4n) is 3.31. The Kier molecular flexibility index (Phi) is 5.57. The number of hydrogen-bond acceptors (Lipinski definition) is 5. The number of rotatable bonds is 5. The van der Waals surface area contributed by atoms with E-state index < -0.39 is 0 Å². The summed E-state index contributed by atoms with van der Waals surface area (Å²) in [6.07, 6.45) is 0. The van der Waals surface area contributed by atoms with E-state index in [0.29, 0.717) is 11.3 Å². The summed E-state index contributed by atoms with van der Waals surface area (Å²) in [4.78, 5) is 14.8. The van der Waals surface area contributed by atoms with Gasteiger partial charge in [0.15, 0.2) is 0 Å². The molecule has 1 atom stereocenters. The monoisotopic (exact) mass is 395 g/mol. The molecule has 0 radical (unpaired) electrons. The minimum atomic E-state index is -0.370. The van der Waals surface area contributed by atoms with Crippen molar-refractivity contribution >= 4 is 11.6 Å². The van der Waals surface area contributed by atoms with Gasteiger partial charge in [0.05, 0.1) is 19.3 Å². The molecule has 2 heterocycles. The Labute approximate surface area is 168 Å². The Bertz CT molecular complexity index is 981. The molecule has 1 unspecified atom stereocenters. The second-order valence-electron chi connectivity index (χ2n) is 6.97. The number of carbonyl (C=O) groups is 1. The summed E-state index contributed by atoms with van der Waals surface area (Å²) in [5.41, 5.74) is 3.10. The molecular weight excluding hydrogens is 373 g/mol. The topological polar surface area (TPSA) is 67.6 Å². The Morgan fingerprint density at radius 2 is 1.90 bits per heavy atom. The SMILES string of the molecule is CC(NC(=O)c1cc(-c2cccc(F)c2)no1)c1ccc(N2CCOCC2)cc1. The summed E-state index contributed by atoms with van der Waals surface area (Å²) in [6.45, 7) is 5.15. The van der Waals surface area contributed by atoms with Gasteiger partial charge in [-0.1, -0.05) is 29.4 Å². The van der Waals surface area contributed by atoms with Gasteiger partial charge in [0.1, 0.15) is 11.5 Å². The maximum absolute atomic E-state index is 13.4. The fourth-order valence-corrected chi connectivity index (χ4v) is 3.31. The highest BCUT2D eigenvalue weighted by Crippen LogP contribution is 2.22. The highest BCUT2D eigenvalue weighted by atomic mass is 19.1. The molecule has 0 bridgehead atoms. The summed E-state index contributed by atoms with van der Waals surface area (Å²) in [5, 5.41) is 6.78. The third kappa shape index (κ3) is 4.46. The average Bonchev–Trinajstić information content (AvgIpc) is 3.25. The molecule has 2 aromatic carbocycles. The smallest absolute Gasteiger partial charge is 0.290 e. The van der Waals surface area contributed by atoms with Crippen LogP contribution in [0.4, 0.5) is 10.1 Å². The van der Waals surface area contributed by atoms with Gasteiger partial charge in [0.25, 0.3) is 5.91 Å². The minimum absolute atomic E-state index is 0.0843. The highest BCUT2D eigenvalue weighted by molar-refractivity contribution is 5.92. The molecule has 1 saturated heterocycles. The zero-order valence-electron chi connectivity index (χ0n) is 16.1. The molecule has 1 fully saturated rings. The van der Waals surface area contributed by atoms with Crippen molar-refractivity contribution in [1.29, 1.82) is 0 Å². The first-order valence-corrected chi connectivity index (χ1v) is 9.56. The van der Waals surface area contributed by atoms with Crippen LogP contribution in [0.2, 0.25) is 0 Å². The standard InChI is InChI=1S/C22H22FN3O3/c1-15(16-5-7-19(8-6-16)26-9-11-28-12-10-26)24-22(27)21-14-20(25-29-21)17-3-2-4-18(23)13-17/h2-8,13-15H,9-12H2,1H3,(H,24,27). The second kappa shape index (κ2) is 8.45. The lowest BCUT2D eigenvalue weighted by Gasteiger charge is -2.29. The zero-order valence-corrected chi connectivity index (χ0v) is 16.1. The van der Waals surface area contributed by atoms with Gasteiger partial charge in [0.2, 0.25) is 5.76 Å². The van der Waals surface area contributed by atoms with Gasteiger partial charge in [0, 0.05) is 30.4 Å². The number of nitrogens with zero attached hydrogens (tertiary/aromatic N) is 2. The number of aromatic nitrogens is 1. The van der Waals surface area contributed by atoms with Gasteiger partial charge in [-0.25, -0.2) is 4.39 Å². The molecule has 0 spiro atoms. The molecule has 4 rings (SSSR count). The molecule has 1 aliphatic rings. The second-order valence-corrected chi connectivity index (χ2v) is 6.97. The zero-order chi connectivity index (χ0) is 20.2. The predicted molar refractivity (Wildman–Crippen MR) is 107 cm³/mol. The van der Waals surface area contributed by atoms with Crippen molar-refractivity contribution in [3.8, 4) is 11.3 Å². The van der Waals surface area contributed by atoms with E-state index in [9.17, 15) is 9.18 Å². The van der Waals surface area contributed by atoms with E-state index in [1.54, 1.807) is 12.1 Å². The number of carbonyl (C=O) groups excluding carboxylic acids is 1. The number of morpholine rings is 1. The number of ether oxygens (including phenoxy) is 1. The van der Waals surface area contributed by atoms with Gasteiger partial charge >= 0.3 is 0 Å². The lowest BCUT2D eigenvalue weighted by molar-refractivity contribution is 0.0902. The van der Waals surface area contributed by atoms with Gasteiger partial charge < -0.3 is 19.5 Å². The third-order valence-corrected chi connectivity index (χ3v) is 4.97. The van der Waals surface area contributed by atoms with E-state index in [-0.39, 0.29) is 23.5 Å². The van der Waals surface area contributed by atoms with Crippen LogP contribution in [-0.2, 0) is 4.74 Å². The number of halogens is 1. The van der Waals surface area contributed by atoms with Crippen LogP contribution in [0.5, 0.6) is 0 Å². The van der Waals surface area contributed by atoms with Crippen molar-refractivity contribution in [2.75, 3.05) is 31.2 Å². The molecule has 1 aromatic heterocycles. The van der Waals surface area contributed by atoms with Crippen LogP contribution in [0.1, 0.15) is 29.1 Å². The average molecular weight is 395 g/mol. The summed E-state index contributed by atoms with van der Waals surface area (Å²) in [6, 6.07) is 15.4. The van der Waals surface area contributed by atoms with Crippen LogP contribution in [0.25, 0.3) is 11.3 Å². The summed E-state index contributed by atoms with van der Waals surface area (Å²) >= 11 is 0. The van der Waals surface area contributed by atoms with Crippen molar-refractivity contribution in [1.82, 2.24) is 10.5 Å². The summed E-state index contributed by atoms with van der Waals surface area (Å²) < 4.78 is 23.9. The number of benzene rings is 2. The van der Waals surface area contributed by atoms with Crippen LogP contribution in [0.3, 0.4) is 0 Å². The van der Waals surface area contributed by atoms with Crippen LogP contribution < -0.4 is 10.2 Å². The fraction of sp³-hybridized carbons (Fsp3) is 0.273. The van der Waals surface area contributed by atoms with E-state index in [0.717, 1.165) is 37.6 Å². The lowest BCUT2D eigenvalue weighted by Crippen LogP contribution is -2.36. The first-order chi connectivity index (χ1) is 14.1. The molecule has 1 N–H and O–H groups in total. The van der Waals surface area contributed by atoms with Crippen molar-refractivity contribution < 1.29 is 18.4 Å². The minimum Gasteiger partial charge on any atom is -0.378 e. The van der Waals surface area contributed by atoms with Gasteiger partial charge in [-0.05, 0) is 36.8 Å².